The molecule has 5 nitrogen and oxygen atoms in total. The Balaban J connectivity index is 0.00000208. The van der Waals surface area contributed by atoms with Crippen LogP contribution < -0.4 is 5.32 Å². The minimum Gasteiger partial charge on any atom is -0.338 e. The Morgan fingerprint density at radius 1 is 1.25 bits per heavy atom. The summed E-state index contributed by atoms with van der Waals surface area (Å²) in [6, 6.07) is 2.60. The number of carbonyl (C=O) groups excluding carboxylic acids is 2. The molecule has 24 heavy (non-hydrogen) atoms. The fourth-order valence-corrected chi connectivity index (χ4v) is 4.28. The highest BCUT2D eigenvalue weighted by Gasteiger charge is 2.29. The van der Waals surface area contributed by atoms with Gasteiger partial charge < -0.3 is 15.1 Å². The van der Waals surface area contributed by atoms with Gasteiger partial charge in [-0.05, 0) is 37.3 Å². The molecule has 134 valence electrons. The fraction of sp³-hybridized carbons (Fsp3) is 0.647. The summed E-state index contributed by atoms with van der Waals surface area (Å²) < 4.78 is 0. The molecule has 3 heterocycles. The Morgan fingerprint density at radius 2 is 2.00 bits per heavy atom. The van der Waals surface area contributed by atoms with Crippen LogP contribution in [0.1, 0.15) is 37.1 Å². The summed E-state index contributed by atoms with van der Waals surface area (Å²) in [5.41, 5.74) is 1.27. The summed E-state index contributed by atoms with van der Waals surface area (Å²) in [5.74, 6) is 0.207. The molecule has 2 amide bonds. The number of carbonyl (C=O) groups is 2. The van der Waals surface area contributed by atoms with E-state index in [1.54, 1.807) is 11.3 Å². The van der Waals surface area contributed by atoms with Crippen LogP contribution in [0.2, 0.25) is 0 Å². The third-order valence-corrected chi connectivity index (χ3v) is 6.09. The van der Waals surface area contributed by atoms with Gasteiger partial charge in [0, 0.05) is 56.0 Å². The second-order valence-electron chi connectivity index (χ2n) is 6.50. The zero-order chi connectivity index (χ0) is 16.4. The lowest BCUT2D eigenvalue weighted by atomic mass is 10.1. The molecule has 1 saturated heterocycles. The molecule has 0 aliphatic carbocycles. The van der Waals surface area contributed by atoms with Gasteiger partial charge in [0.1, 0.15) is 0 Å². The molecule has 0 bridgehead atoms. The van der Waals surface area contributed by atoms with Crippen molar-refractivity contribution in [1.29, 1.82) is 0 Å². The van der Waals surface area contributed by atoms with Crippen LogP contribution >= 0.6 is 23.7 Å². The van der Waals surface area contributed by atoms with Crippen molar-refractivity contribution in [2.75, 3.05) is 19.6 Å². The first-order valence-corrected chi connectivity index (χ1v) is 9.30. The van der Waals surface area contributed by atoms with Crippen molar-refractivity contribution in [3.05, 3.63) is 21.9 Å². The molecular weight excluding hydrogens is 346 g/mol. The molecule has 0 saturated carbocycles. The average Bonchev–Trinajstić information content (AvgIpc) is 3.02. The minimum atomic E-state index is 0. The second kappa shape index (κ2) is 8.32. The van der Waals surface area contributed by atoms with Gasteiger partial charge in [0.25, 0.3) is 0 Å². The first-order chi connectivity index (χ1) is 11.1. The molecule has 1 fully saturated rings. The SMILES string of the molecule is CC1NCCN(C(=O)CCC(=O)N2CCc3sccc3C2)C1C.Cl. The van der Waals surface area contributed by atoms with E-state index in [2.05, 4.69) is 30.6 Å². The van der Waals surface area contributed by atoms with Crippen LogP contribution in [0.5, 0.6) is 0 Å². The molecular formula is C17H26ClN3O2S. The fourth-order valence-electron chi connectivity index (χ4n) is 3.39. The molecule has 0 spiro atoms. The highest BCUT2D eigenvalue weighted by molar-refractivity contribution is 7.10. The zero-order valence-electron chi connectivity index (χ0n) is 14.3. The van der Waals surface area contributed by atoms with Crippen molar-refractivity contribution >= 4 is 35.6 Å². The van der Waals surface area contributed by atoms with Crippen molar-refractivity contribution in [1.82, 2.24) is 15.1 Å². The first kappa shape index (κ1) is 19.2. The monoisotopic (exact) mass is 371 g/mol. The number of hydrogen-bond acceptors (Lipinski definition) is 4. The number of piperazine rings is 1. The highest BCUT2D eigenvalue weighted by Crippen LogP contribution is 2.24. The number of amides is 2. The van der Waals surface area contributed by atoms with Gasteiger partial charge >= 0.3 is 0 Å². The third-order valence-electron chi connectivity index (χ3n) is 5.07. The van der Waals surface area contributed by atoms with Gasteiger partial charge in [-0.25, -0.2) is 0 Å². The van der Waals surface area contributed by atoms with Crippen LogP contribution in [0.25, 0.3) is 0 Å². The quantitative estimate of drug-likeness (QED) is 0.884. The lowest BCUT2D eigenvalue weighted by molar-refractivity contribution is -0.139. The number of hydrogen-bond donors (Lipinski definition) is 1. The zero-order valence-corrected chi connectivity index (χ0v) is 15.9. The van der Waals surface area contributed by atoms with Gasteiger partial charge in [-0.2, -0.15) is 0 Å². The second-order valence-corrected chi connectivity index (χ2v) is 7.51. The van der Waals surface area contributed by atoms with Gasteiger partial charge in [-0.15, -0.1) is 23.7 Å². The largest absolute Gasteiger partial charge is 0.338 e. The summed E-state index contributed by atoms with van der Waals surface area (Å²) in [6.07, 6.45) is 1.59. The average molecular weight is 372 g/mol. The molecule has 7 heteroatoms. The maximum atomic E-state index is 12.4. The number of fused-ring (bicyclic) bond motifs is 1. The van der Waals surface area contributed by atoms with Crippen molar-refractivity contribution in [2.45, 2.75) is 51.7 Å². The van der Waals surface area contributed by atoms with Crippen LogP contribution in [-0.2, 0) is 22.6 Å². The van der Waals surface area contributed by atoms with Gasteiger partial charge in [-0.1, -0.05) is 0 Å². The Hall–Kier alpha value is -1.11. The van der Waals surface area contributed by atoms with Crippen molar-refractivity contribution < 1.29 is 9.59 Å². The minimum absolute atomic E-state index is 0. The summed E-state index contributed by atoms with van der Waals surface area (Å²) in [4.78, 5) is 30.0. The Bertz CT molecular complexity index is 592. The predicted molar refractivity (Wildman–Crippen MR) is 98.6 cm³/mol. The summed E-state index contributed by atoms with van der Waals surface area (Å²) in [6.45, 7) is 7.22. The van der Waals surface area contributed by atoms with Crippen LogP contribution in [0.4, 0.5) is 0 Å². The summed E-state index contributed by atoms with van der Waals surface area (Å²) >= 11 is 1.77. The van der Waals surface area contributed by atoms with Crippen LogP contribution in [0.3, 0.4) is 0 Å². The smallest absolute Gasteiger partial charge is 0.223 e. The Kier molecular flexibility index (Phi) is 6.66. The predicted octanol–water partition coefficient (Wildman–Crippen LogP) is 2.04. The maximum Gasteiger partial charge on any atom is 0.223 e. The number of halogens is 1. The van der Waals surface area contributed by atoms with Crippen LogP contribution in [-0.4, -0.2) is 53.3 Å². The van der Waals surface area contributed by atoms with E-state index in [-0.39, 0.29) is 30.3 Å². The summed E-state index contributed by atoms with van der Waals surface area (Å²) in [7, 11) is 0. The van der Waals surface area contributed by atoms with Crippen molar-refractivity contribution in [2.24, 2.45) is 0 Å². The molecule has 0 radical (unpaired) electrons. The highest BCUT2D eigenvalue weighted by atomic mass is 35.5. The molecule has 2 unspecified atom stereocenters. The molecule has 2 aliphatic rings. The standard InChI is InChI=1S/C17H25N3O2S.ClH/c1-12-13(2)20(9-7-18-12)17(22)4-3-16(21)19-8-5-15-14(11-19)6-10-23-15;/h6,10,12-13,18H,3-5,7-9,11H2,1-2H3;1H. The lowest BCUT2D eigenvalue weighted by Gasteiger charge is -2.38. The number of nitrogens with zero attached hydrogens (tertiary/aromatic N) is 2. The van der Waals surface area contributed by atoms with Crippen LogP contribution in [0.15, 0.2) is 11.4 Å². The van der Waals surface area contributed by atoms with E-state index < -0.39 is 0 Å². The van der Waals surface area contributed by atoms with E-state index in [0.29, 0.717) is 25.4 Å². The normalized spacial score (nSPS) is 23.4. The third kappa shape index (κ3) is 4.10. The molecule has 0 aromatic carbocycles. The summed E-state index contributed by atoms with van der Waals surface area (Å²) in [5, 5.41) is 5.46. The molecule has 2 aliphatic heterocycles. The van der Waals surface area contributed by atoms with Gasteiger partial charge in [-0.3, -0.25) is 9.59 Å². The Labute approximate surface area is 153 Å². The molecule has 2 atom stereocenters. The van der Waals surface area contributed by atoms with E-state index in [1.807, 2.05) is 9.80 Å². The molecule has 3 rings (SSSR count). The lowest BCUT2D eigenvalue weighted by Crippen LogP contribution is -2.57. The van der Waals surface area contributed by atoms with E-state index in [1.165, 1.54) is 10.4 Å². The van der Waals surface area contributed by atoms with Gasteiger partial charge in [0.15, 0.2) is 0 Å². The molecule has 1 aromatic heterocycles. The number of thiophene rings is 1. The molecule has 1 N–H and O–H groups in total. The maximum absolute atomic E-state index is 12.4. The molecule has 1 aromatic rings. The van der Waals surface area contributed by atoms with Crippen molar-refractivity contribution in [3.8, 4) is 0 Å². The van der Waals surface area contributed by atoms with E-state index in [4.69, 9.17) is 0 Å². The Morgan fingerprint density at radius 3 is 2.79 bits per heavy atom. The van der Waals surface area contributed by atoms with Gasteiger partial charge in [0.2, 0.25) is 11.8 Å². The van der Waals surface area contributed by atoms with E-state index in [9.17, 15) is 9.59 Å². The van der Waals surface area contributed by atoms with E-state index in [0.717, 1.165) is 26.1 Å². The van der Waals surface area contributed by atoms with Gasteiger partial charge in [0.05, 0.1) is 0 Å². The van der Waals surface area contributed by atoms with Crippen LogP contribution in [0, 0.1) is 0 Å². The van der Waals surface area contributed by atoms with E-state index >= 15 is 0 Å². The first-order valence-electron chi connectivity index (χ1n) is 8.42. The van der Waals surface area contributed by atoms with Crippen molar-refractivity contribution in [3.63, 3.8) is 0 Å². The number of rotatable bonds is 3. The topological polar surface area (TPSA) is 52.7 Å². The number of nitrogens with one attached hydrogen (secondary N) is 1.